The molecule has 3 heterocycles. The molecule has 3 N–H and O–H groups in total. The first-order chi connectivity index (χ1) is 14.4. The molecule has 0 radical (unpaired) electrons. The summed E-state index contributed by atoms with van der Waals surface area (Å²) in [5.41, 5.74) is 5.81. The molecule has 30 heavy (non-hydrogen) atoms. The molecule has 1 aromatic carbocycles. The van der Waals surface area contributed by atoms with Crippen LogP contribution in [0.25, 0.3) is 22.3 Å². The Morgan fingerprint density at radius 2 is 2.03 bits per heavy atom. The fraction of sp³-hybridized carbons (Fsp3) is 0.364. The summed E-state index contributed by atoms with van der Waals surface area (Å²) in [6, 6.07) is 9.42. The minimum Gasteiger partial charge on any atom is -0.340 e. The lowest BCUT2D eigenvalue weighted by atomic mass is 9.98. The van der Waals surface area contributed by atoms with Crippen molar-refractivity contribution >= 4 is 16.9 Å². The van der Waals surface area contributed by atoms with Crippen molar-refractivity contribution in [1.82, 2.24) is 35.3 Å². The van der Waals surface area contributed by atoms with Crippen molar-refractivity contribution in [2.24, 2.45) is 13.0 Å². The van der Waals surface area contributed by atoms with Gasteiger partial charge in [0.15, 0.2) is 0 Å². The van der Waals surface area contributed by atoms with Crippen LogP contribution in [0.3, 0.4) is 0 Å². The predicted molar refractivity (Wildman–Crippen MR) is 116 cm³/mol. The summed E-state index contributed by atoms with van der Waals surface area (Å²) in [7, 11) is 1.90. The third-order valence-corrected chi connectivity index (χ3v) is 5.79. The average Bonchev–Trinajstić information content (AvgIpc) is 3.43. The van der Waals surface area contributed by atoms with E-state index in [1.165, 1.54) is 0 Å². The Bertz CT molecular complexity index is 1170. The highest BCUT2D eigenvalue weighted by Gasteiger charge is 2.25. The summed E-state index contributed by atoms with van der Waals surface area (Å²) in [4.78, 5) is 21.1. The van der Waals surface area contributed by atoms with Gasteiger partial charge in [-0.15, -0.1) is 0 Å². The Hall–Kier alpha value is -3.42. The first kappa shape index (κ1) is 19.9. The molecule has 8 nitrogen and oxygen atoms in total. The smallest absolute Gasteiger partial charge is 0.269 e. The summed E-state index contributed by atoms with van der Waals surface area (Å²) in [6.45, 7) is 8.15. The van der Waals surface area contributed by atoms with Crippen LogP contribution >= 0.6 is 0 Å². The number of fused-ring (bicyclic) bond motifs is 1. The molecule has 0 unspecified atom stereocenters. The van der Waals surface area contributed by atoms with Crippen LogP contribution in [0.2, 0.25) is 0 Å². The topological polar surface area (TPSA) is 104 Å². The highest BCUT2D eigenvalue weighted by atomic mass is 16.2. The van der Waals surface area contributed by atoms with E-state index in [2.05, 4.69) is 39.4 Å². The molecule has 4 aromatic rings. The Morgan fingerprint density at radius 3 is 2.70 bits per heavy atom. The van der Waals surface area contributed by atoms with Crippen molar-refractivity contribution in [2.45, 2.75) is 40.2 Å². The first-order valence-corrected chi connectivity index (χ1v) is 10.2. The van der Waals surface area contributed by atoms with E-state index in [0.717, 1.165) is 40.2 Å². The molecule has 0 aliphatic carbocycles. The molecule has 8 heteroatoms. The van der Waals surface area contributed by atoms with Crippen LogP contribution in [0.15, 0.2) is 30.3 Å². The lowest BCUT2D eigenvalue weighted by Crippen LogP contribution is -2.33. The molecule has 0 aliphatic rings. The van der Waals surface area contributed by atoms with Crippen molar-refractivity contribution in [3.8, 4) is 11.3 Å². The van der Waals surface area contributed by atoms with E-state index < -0.39 is 0 Å². The Labute approximate surface area is 175 Å². The van der Waals surface area contributed by atoms with Gasteiger partial charge in [0.25, 0.3) is 5.91 Å². The van der Waals surface area contributed by atoms with Gasteiger partial charge < -0.3 is 10.3 Å². The second-order valence-electron chi connectivity index (χ2n) is 7.81. The maximum Gasteiger partial charge on any atom is 0.269 e. The molecule has 0 fully saturated rings. The van der Waals surface area contributed by atoms with Gasteiger partial charge in [0.2, 0.25) is 0 Å². The molecule has 0 saturated carbocycles. The van der Waals surface area contributed by atoms with Crippen molar-refractivity contribution < 1.29 is 4.79 Å². The SMILES string of the molecule is CC[C@H](C)[C@@H](NC(=O)c1cc(-c2c(C)nn(C)c2C)n[nH]1)c1nc2ccccc2[nH]1. The van der Waals surface area contributed by atoms with E-state index in [-0.39, 0.29) is 17.9 Å². The fourth-order valence-electron chi connectivity index (χ4n) is 3.77. The summed E-state index contributed by atoms with van der Waals surface area (Å²) >= 11 is 0. The Morgan fingerprint density at radius 1 is 1.27 bits per heavy atom. The minimum atomic E-state index is -0.233. The van der Waals surface area contributed by atoms with Gasteiger partial charge in [-0.05, 0) is 38.0 Å². The summed E-state index contributed by atoms with van der Waals surface area (Å²) in [6.07, 6.45) is 0.907. The van der Waals surface area contributed by atoms with Crippen LogP contribution in [0.5, 0.6) is 0 Å². The standard InChI is InChI=1S/C22H27N7O/c1-6-12(2)20(21-23-15-9-7-8-10-16(15)24-21)25-22(30)18-11-17(26-27-18)19-13(3)28-29(5)14(19)4/h7-12,20H,6H2,1-5H3,(H,23,24)(H,25,30)(H,26,27)/t12-,20+/m0/s1. The molecule has 4 rings (SSSR count). The molecule has 0 bridgehead atoms. The van der Waals surface area contributed by atoms with Gasteiger partial charge in [-0.2, -0.15) is 10.2 Å². The van der Waals surface area contributed by atoms with Crippen molar-refractivity contribution in [3.63, 3.8) is 0 Å². The second-order valence-corrected chi connectivity index (χ2v) is 7.81. The number of nitrogens with zero attached hydrogens (tertiary/aromatic N) is 4. The van der Waals surface area contributed by atoms with Crippen LogP contribution in [-0.4, -0.2) is 35.9 Å². The summed E-state index contributed by atoms with van der Waals surface area (Å²) < 4.78 is 1.82. The normalized spacial score (nSPS) is 13.5. The van der Waals surface area contributed by atoms with Crippen LogP contribution in [0.1, 0.15) is 54.0 Å². The minimum absolute atomic E-state index is 0.208. The third-order valence-electron chi connectivity index (χ3n) is 5.79. The zero-order valence-electron chi connectivity index (χ0n) is 17.9. The van der Waals surface area contributed by atoms with Gasteiger partial charge in [-0.25, -0.2) is 4.98 Å². The largest absolute Gasteiger partial charge is 0.340 e. The molecular weight excluding hydrogens is 378 g/mol. The molecule has 0 saturated heterocycles. The lowest BCUT2D eigenvalue weighted by molar-refractivity contribution is 0.0915. The fourth-order valence-corrected chi connectivity index (χ4v) is 3.77. The zero-order chi connectivity index (χ0) is 21.4. The number of amides is 1. The molecule has 3 aromatic heterocycles. The van der Waals surface area contributed by atoms with Crippen LogP contribution < -0.4 is 5.32 Å². The van der Waals surface area contributed by atoms with Gasteiger partial charge in [0, 0.05) is 18.3 Å². The number of aromatic amines is 2. The maximum absolute atomic E-state index is 13.0. The number of carbonyl (C=O) groups is 1. The Kier molecular flexibility index (Phi) is 5.15. The van der Waals surface area contributed by atoms with Crippen LogP contribution in [0.4, 0.5) is 0 Å². The number of aryl methyl sites for hydroxylation is 2. The van der Waals surface area contributed by atoms with Gasteiger partial charge in [0.05, 0.1) is 28.5 Å². The van der Waals surface area contributed by atoms with Gasteiger partial charge >= 0.3 is 0 Å². The van der Waals surface area contributed by atoms with Gasteiger partial charge in [0.1, 0.15) is 11.5 Å². The van der Waals surface area contributed by atoms with E-state index in [9.17, 15) is 4.79 Å². The second kappa shape index (κ2) is 7.78. The Balaban J connectivity index is 1.61. The van der Waals surface area contributed by atoms with E-state index in [0.29, 0.717) is 11.4 Å². The molecule has 1 amide bonds. The highest BCUT2D eigenvalue weighted by Crippen LogP contribution is 2.27. The molecular formula is C22H27N7O. The van der Waals surface area contributed by atoms with Crippen LogP contribution in [-0.2, 0) is 7.05 Å². The highest BCUT2D eigenvalue weighted by molar-refractivity contribution is 5.93. The number of rotatable bonds is 6. The number of benzene rings is 1. The number of H-pyrrole nitrogens is 2. The molecule has 156 valence electrons. The number of para-hydroxylation sites is 2. The van der Waals surface area contributed by atoms with Crippen molar-refractivity contribution in [2.75, 3.05) is 0 Å². The number of imidazole rings is 1. The van der Waals surface area contributed by atoms with E-state index in [4.69, 9.17) is 4.98 Å². The molecule has 0 aliphatic heterocycles. The quantitative estimate of drug-likeness (QED) is 0.453. The van der Waals surface area contributed by atoms with Crippen LogP contribution in [0, 0.1) is 19.8 Å². The first-order valence-electron chi connectivity index (χ1n) is 10.2. The number of carbonyl (C=O) groups excluding carboxylic acids is 1. The number of aromatic nitrogens is 6. The number of hydrogen-bond acceptors (Lipinski definition) is 4. The molecule has 0 spiro atoms. The van der Waals surface area contributed by atoms with E-state index >= 15 is 0 Å². The maximum atomic E-state index is 13.0. The number of hydrogen-bond donors (Lipinski definition) is 3. The lowest BCUT2D eigenvalue weighted by Gasteiger charge is -2.22. The van der Waals surface area contributed by atoms with E-state index in [1.54, 1.807) is 6.07 Å². The van der Waals surface area contributed by atoms with Crippen molar-refractivity contribution in [1.29, 1.82) is 0 Å². The zero-order valence-corrected chi connectivity index (χ0v) is 17.9. The third kappa shape index (κ3) is 3.49. The van der Waals surface area contributed by atoms with Gasteiger partial charge in [-0.3, -0.25) is 14.6 Å². The molecule has 2 atom stereocenters. The monoisotopic (exact) mass is 405 g/mol. The van der Waals surface area contributed by atoms with Crippen molar-refractivity contribution in [3.05, 3.63) is 53.2 Å². The summed E-state index contributed by atoms with van der Waals surface area (Å²) in [5, 5.41) is 14.8. The predicted octanol–water partition coefficient (Wildman–Crippen LogP) is 3.82. The summed E-state index contributed by atoms with van der Waals surface area (Å²) in [5.74, 6) is 0.760. The van der Waals surface area contributed by atoms with Gasteiger partial charge in [-0.1, -0.05) is 32.4 Å². The number of nitrogens with one attached hydrogen (secondary N) is 3. The average molecular weight is 406 g/mol. The van der Waals surface area contributed by atoms with E-state index in [1.807, 2.05) is 49.8 Å².